The van der Waals surface area contributed by atoms with E-state index in [-0.39, 0.29) is 28.6 Å². The molecule has 2 aromatic heterocycles. The maximum absolute atomic E-state index is 12.9. The van der Waals surface area contributed by atoms with E-state index in [0.717, 1.165) is 56.7 Å². The van der Waals surface area contributed by atoms with E-state index in [1.165, 1.54) is 6.07 Å². The number of fused-ring (bicyclic) bond motifs is 3. The number of alkyl halides is 3. The topological polar surface area (TPSA) is 80.9 Å². The highest BCUT2D eigenvalue weighted by Crippen LogP contribution is 2.50. The van der Waals surface area contributed by atoms with Gasteiger partial charge in [0, 0.05) is 17.2 Å². The van der Waals surface area contributed by atoms with Gasteiger partial charge in [-0.3, -0.25) is 9.78 Å². The average molecular weight is 394 g/mol. The van der Waals surface area contributed by atoms with Gasteiger partial charge in [-0.2, -0.15) is 18.2 Å². The number of carbonyl (C=O) groups is 1. The Labute approximate surface area is 159 Å². The van der Waals surface area contributed by atoms with Crippen molar-refractivity contribution in [1.82, 2.24) is 20.4 Å². The number of nitrogens with one attached hydrogen (secondary N) is 1. The van der Waals surface area contributed by atoms with E-state index < -0.39 is 17.9 Å². The second-order valence-corrected chi connectivity index (χ2v) is 7.84. The normalized spacial score (nSPS) is 25.5. The molecule has 1 amide bonds. The van der Waals surface area contributed by atoms with Crippen LogP contribution >= 0.6 is 0 Å². The van der Waals surface area contributed by atoms with Gasteiger partial charge in [0.1, 0.15) is 11.7 Å². The third-order valence-corrected chi connectivity index (χ3v) is 6.04. The van der Waals surface area contributed by atoms with Crippen LogP contribution < -0.4 is 5.32 Å². The lowest BCUT2D eigenvalue weighted by molar-refractivity contribution is -0.141. The summed E-state index contributed by atoms with van der Waals surface area (Å²) in [6.45, 7) is 1.73. The van der Waals surface area contributed by atoms with Crippen molar-refractivity contribution in [2.45, 2.75) is 57.7 Å². The summed E-state index contributed by atoms with van der Waals surface area (Å²) in [4.78, 5) is 20.4. The summed E-state index contributed by atoms with van der Waals surface area (Å²) >= 11 is 0. The summed E-state index contributed by atoms with van der Waals surface area (Å²) in [5.74, 6) is 0.948. The van der Waals surface area contributed by atoms with Gasteiger partial charge in [0.2, 0.25) is 17.6 Å². The van der Waals surface area contributed by atoms with E-state index in [1.54, 1.807) is 6.92 Å². The number of pyridine rings is 1. The zero-order chi connectivity index (χ0) is 19.9. The Balaban J connectivity index is 1.47. The lowest BCUT2D eigenvalue weighted by Crippen LogP contribution is -2.47. The maximum Gasteiger partial charge on any atom is 0.433 e. The van der Waals surface area contributed by atoms with Crippen LogP contribution in [0.2, 0.25) is 0 Å². The minimum absolute atomic E-state index is 0.00108. The van der Waals surface area contributed by atoms with Crippen molar-refractivity contribution in [3.8, 4) is 11.4 Å². The van der Waals surface area contributed by atoms with Crippen LogP contribution in [0.1, 0.15) is 63.1 Å². The van der Waals surface area contributed by atoms with E-state index in [1.807, 2.05) is 0 Å². The third-order valence-electron chi connectivity index (χ3n) is 6.04. The van der Waals surface area contributed by atoms with E-state index in [4.69, 9.17) is 4.52 Å². The molecule has 2 bridgehead atoms. The van der Waals surface area contributed by atoms with Crippen LogP contribution in [0.4, 0.5) is 13.2 Å². The number of halogens is 3. The van der Waals surface area contributed by atoms with Crippen LogP contribution in [-0.4, -0.2) is 21.0 Å². The van der Waals surface area contributed by atoms with Crippen molar-refractivity contribution < 1.29 is 22.5 Å². The number of carbonyl (C=O) groups excluding carboxylic acids is 1. The van der Waals surface area contributed by atoms with Gasteiger partial charge < -0.3 is 9.84 Å². The summed E-state index contributed by atoms with van der Waals surface area (Å²) in [6.07, 6.45) is 2.50. The Morgan fingerprint density at radius 1 is 1.29 bits per heavy atom. The molecule has 0 spiro atoms. The van der Waals surface area contributed by atoms with Crippen LogP contribution in [0.25, 0.3) is 11.4 Å². The lowest BCUT2D eigenvalue weighted by atomic mass is 9.60. The first-order valence-corrected chi connectivity index (χ1v) is 9.45. The molecule has 1 N–H and O–H groups in total. The summed E-state index contributed by atoms with van der Waals surface area (Å²) in [5, 5.41) is 6.72. The molecule has 0 aliphatic heterocycles. The molecule has 3 aliphatic carbocycles. The van der Waals surface area contributed by atoms with Gasteiger partial charge >= 0.3 is 6.18 Å². The number of aromatic nitrogens is 3. The maximum atomic E-state index is 12.9. The molecule has 0 aromatic carbocycles. The Morgan fingerprint density at radius 2 is 1.96 bits per heavy atom. The number of amides is 1. The number of rotatable bonds is 4. The minimum atomic E-state index is -4.55. The minimum Gasteiger partial charge on any atom is -0.344 e. The van der Waals surface area contributed by atoms with Gasteiger partial charge in [0.15, 0.2) is 0 Å². The fourth-order valence-electron chi connectivity index (χ4n) is 4.25. The fourth-order valence-corrected chi connectivity index (χ4v) is 4.25. The van der Waals surface area contributed by atoms with Gasteiger partial charge in [0.05, 0.1) is 0 Å². The molecule has 3 fully saturated rings. The largest absolute Gasteiger partial charge is 0.433 e. The predicted octanol–water partition coefficient (Wildman–Crippen LogP) is 4.30. The van der Waals surface area contributed by atoms with Crippen molar-refractivity contribution in [1.29, 1.82) is 0 Å². The van der Waals surface area contributed by atoms with Crippen LogP contribution in [0.3, 0.4) is 0 Å². The van der Waals surface area contributed by atoms with Gasteiger partial charge in [-0.15, -0.1) is 0 Å². The van der Waals surface area contributed by atoms with E-state index in [9.17, 15) is 18.0 Å². The average Bonchev–Trinajstić information content (AvgIpc) is 3.19. The Kier molecular flexibility index (Phi) is 4.63. The molecular weight excluding hydrogens is 373 g/mol. The van der Waals surface area contributed by atoms with E-state index in [0.29, 0.717) is 0 Å². The smallest absolute Gasteiger partial charge is 0.344 e. The number of hydrogen-bond donors (Lipinski definition) is 1. The molecule has 9 heteroatoms. The molecule has 1 atom stereocenters. The Hall–Kier alpha value is -2.45. The Bertz CT molecular complexity index is 858. The first-order valence-electron chi connectivity index (χ1n) is 9.45. The van der Waals surface area contributed by atoms with Crippen molar-refractivity contribution in [2.75, 3.05) is 0 Å². The van der Waals surface area contributed by atoms with Gasteiger partial charge in [-0.1, -0.05) is 5.16 Å². The molecule has 3 saturated carbocycles. The van der Waals surface area contributed by atoms with Gasteiger partial charge in [-0.05, 0) is 63.5 Å². The van der Waals surface area contributed by atoms with E-state index >= 15 is 0 Å². The summed E-state index contributed by atoms with van der Waals surface area (Å²) in [6, 6.07) is 1.73. The zero-order valence-electron chi connectivity index (χ0n) is 15.4. The van der Waals surface area contributed by atoms with Crippen LogP contribution in [0, 0.1) is 11.3 Å². The summed E-state index contributed by atoms with van der Waals surface area (Å²) in [7, 11) is 0. The number of nitrogens with zero attached hydrogens (tertiary/aromatic N) is 3. The molecule has 5 rings (SSSR count). The summed E-state index contributed by atoms with van der Waals surface area (Å²) < 4.78 is 43.7. The highest BCUT2D eigenvalue weighted by atomic mass is 19.4. The summed E-state index contributed by atoms with van der Waals surface area (Å²) in [5.41, 5.74) is -1.18. The molecule has 0 saturated heterocycles. The second-order valence-electron chi connectivity index (χ2n) is 7.84. The molecular formula is C19H21F3N4O2. The van der Waals surface area contributed by atoms with Crippen LogP contribution in [0.5, 0.6) is 0 Å². The van der Waals surface area contributed by atoms with Gasteiger partial charge in [-0.25, -0.2) is 0 Å². The molecule has 150 valence electrons. The Morgan fingerprint density at radius 3 is 2.61 bits per heavy atom. The highest BCUT2D eigenvalue weighted by Gasteiger charge is 2.46. The third kappa shape index (κ3) is 3.49. The van der Waals surface area contributed by atoms with Gasteiger partial charge in [0.25, 0.3) is 0 Å². The lowest BCUT2D eigenvalue weighted by Gasteiger charge is -2.45. The van der Waals surface area contributed by atoms with Crippen molar-refractivity contribution in [3.05, 3.63) is 29.9 Å². The van der Waals surface area contributed by atoms with Crippen LogP contribution in [-0.2, 0) is 11.0 Å². The standard InChI is InChI=1S/C19H21F3N4O2/c1-11(24-17(27)18-6-2-12(3-7-18)4-8-18)16-25-15(26-28-16)13-5-9-23-14(10-13)19(20,21)22/h5,9-12H,2-4,6-8H2,1H3,(H,24,27). The van der Waals surface area contributed by atoms with Crippen molar-refractivity contribution in [3.63, 3.8) is 0 Å². The molecule has 0 radical (unpaired) electrons. The van der Waals surface area contributed by atoms with Crippen molar-refractivity contribution in [2.24, 2.45) is 11.3 Å². The molecule has 2 heterocycles. The van der Waals surface area contributed by atoms with Crippen LogP contribution in [0.15, 0.2) is 22.9 Å². The highest BCUT2D eigenvalue weighted by molar-refractivity contribution is 5.83. The molecule has 6 nitrogen and oxygen atoms in total. The van der Waals surface area contributed by atoms with Crippen molar-refractivity contribution >= 4 is 5.91 Å². The predicted molar refractivity (Wildman–Crippen MR) is 92.7 cm³/mol. The quantitative estimate of drug-likeness (QED) is 0.836. The molecule has 3 aliphatic rings. The first kappa shape index (κ1) is 18.9. The second kappa shape index (κ2) is 6.86. The first-order chi connectivity index (χ1) is 13.3. The molecule has 28 heavy (non-hydrogen) atoms. The van der Waals surface area contributed by atoms with E-state index in [2.05, 4.69) is 20.4 Å². The molecule has 1 unspecified atom stereocenters. The molecule has 2 aromatic rings. The fraction of sp³-hybridized carbons (Fsp3) is 0.579. The monoisotopic (exact) mass is 394 g/mol. The zero-order valence-corrected chi connectivity index (χ0v) is 15.4. The number of hydrogen-bond acceptors (Lipinski definition) is 5. The SMILES string of the molecule is CC(NC(=O)C12CCC(CC1)CC2)c1nc(-c2ccnc(C(F)(F)F)c2)no1.